The van der Waals surface area contributed by atoms with E-state index < -0.39 is 0 Å². The summed E-state index contributed by atoms with van der Waals surface area (Å²) in [6, 6.07) is 15.9. The van der Waals surface area contributed by atoms with E-state index in [1.54, 1.807) is 14.0 Å². The minimum atomic E-state index is -0.0930. The molecule has 0 radical (unpaired) electrons. The van der Waals surface area contributed by atoms with Gasteiger partial charge in [-0.25, -0.2) is 4.98 Å². The quantitative estimate of drug-likeness (QED) is 0.345. The summed E-state index contributed by atoms with van der Waals surface area (Å²) in [5.41, 5.74) is 2.69. The third kappa shape index (κ3) is 6.35. The number of benzene rings is 2. The third-order valence-corrected chi connectivity index (χ3v) is 5.07. The van der Waals surface area contributed by atoms with Gasteiger partial charge in [0.2, 0.25) is 5.91 Å². The number of carbonyl (C=O) groups excluding carboxylic acids is 1. The largest absolute Gasteiger partial charge is 0.497 e. The molecule has 6 heteroatoms. The van der Waals surface area contributed by atoms with Crippen molar-refractivity contribution in [3.8, 4) is 11.5 Å². The van der Waals surface area contributed by atoms with Crippen molar-refractivity contribution in [1.82, 2.24) is 14.9 Å². The molecule has 0 aliphatic rings. The van der Waals surface area contributed by atoms with Crippen molar-refractivity contribution < 1.29 is 14.3 Å². The number of carbonyl (C=O) groups is 1. The zero-order valence-corrected chi connectivity index (χ0v) is 18.4. The minimum absolute atomic E-state index is 0.0930. The molecule has 0 aliphatic heterocycles. The van der Waals surface area contributed by atoms with Gasteiger partial charge in [-0.05, 0) is 50.5 Å². The predicted molar refractivity (Wildman–Crippen MR) is 124 cm³/mol. The highest BCUT2D eigenvalue weighted by Gasteiger charge is 2.10. The number of aryl methyl sites for hydroxylation is 2. The second kappa shape index (κ2) is 11.2. The number of imidazole rings is 1. The molecule has 0 aliphatic carbocycles. The highest BCUT2D eigenvalue weighted by atomic mass is 16.5. The number of ether oxygens (including phenoxy) is 2. The zero-order valence-electron chi connectivity index (χ0n) is 18.4. The van der Waals surface area contributed by atoms with Gasteiger partial charge in [-0.15, -0.1) is 0 Å². The Morgan fingerprint density at radius 3 is 2.71 bits per heavy atom. The first-order chi connectivity index (χ1) is 15.1. The maximum absolute atomic E-state index is 11.7. The minimum Gasteiger partial charge on any atom is -0.497 e. The van der Waals surface area contributed by atoms with Crippen LogP contribution >= 0.6 is 0 Å². The maximum atomic E-state index is 11.7. The second-order valence-electron chi connectivity index (χ2n) is 7.54. The third-order valence-electron chi connectivity index (χ3n) is 5.07. The SMILES string of the molecule is C=C(C)C(=O)NCCCc1nc2ccccc2n1CCCCOc1cccc(OC)c1. The van der Waals surface area contributed by atoms with E-state index in [9.17, 15) is 4.79 Å². The van der Waals surface area contributed by atoms with Crippen LogP contribution in [0.15, 0.2) is 60.7 Å². The van der Waals surface area contributed by atoms with Crippen LogP contribution in [0.25, 0.3) is 11.0 Å². The van der Waals surface area contributed by atoms with Gasteiger partial charge in [0.05, 0.1) is 24.8 Å². The Labute approximate surface area is 183 Å². The summed E-state index contributed by atoms with van der Waals surface area (Å²) in [5.74, 6) is 2.58. The lowest BCUT2D eigenvalue weighted by Crippen LogP contribution is -2.25. The monoisotopic (exact) mass is 421 g/mol. The van der Waals surface area contributed by atoms with Crippen LogP contribution in [0.1, 0.15) is 32.0 Å². The molecule has 1 heterocycles. The summed E-state index contributed by atoms with van der Waals surface area (Å²) < 4.78 is 13.4. The van der Waals surface area contributed by atoms with E-state index in [4.69, 9.17) is 14.5 Å². The van der Waals surface area contributed by atoms with Crippen molar-refractivity contribution in [2.45, 2.75) is 39.2 Å². The normalized spacial score (nSPS) is 10.8. The van der Waals surface area contributed by atoms with E-state index >= 15 is 0 Å². The summed E-state index contributed by atoms with van der Waals surface area (Å²) in [6.45, 7) is 7.54. The van der Waals surface area contributed by atoms with Crippen molar-refractivity contribution >= 4 is 16.9 Å². The number of nitrogens with one attached hydrogen (secondary N) is 1. The van der Waals surface area contributed by atoms with E-state index in [-0.39, 0.29) is 5.91 Å². The van der Waals surface area contributed by atoms with Gasteiger partial charge in [0.15, 0.2) is 0 Å². The number of hydrogen-bond acceptors (Lipinski definition) is 4. The first-order valence-corrected chi connectivity index (χ1v) is 10.7. The number of hydrogen-bond donors (Lipinski definition) is 1. The molecule has 0 saturated heterocycles. The summed E-state index contributed by atoms with van der Waals surface area (Å²) in [5, 5.41) is 2.89. The van der Waals surface area contributed by atoms with Gasteiger partial charge >= 0.3 is 0 Å². The Morgan fingerprint density at radius 2 is 1.90 bits per heavy atom. The molecule has 0 unspecified atom stereocenters. The molecule has 3 aromatic rings. The molecule has 1 aromatic heterocycles. The van der Waals surface area contributed by atoms with Crippen molar-refractivity contribution in [1.29, 1.82) is 0 Å². The Kier molecular flexibility index (Phi) is 8.10. The second-order valence-corrected chi connectivity index (χ2v) is 7.54. The number of aromatic nitrogens is 2. The summed E-state index contributed by atoms with van der Waals surface area (Å²) in [4.78, 5) is 16.5. The molecule has 2 aromatic carbocycles. The van der Waals surface area contributed by atoms with E-state index in [0.29, 0.717) is 18.7 Å². The van der Waals surface area contributed by atoms with Crippen LogP contribution in [0, 0.1) is 0 Å². The number of nitrogens with zero attached hydrogens (tertiary/aromatic N) is 2. The number of amides is 1. The molecule has 1 N–H and O–H groups in total. The Balaban J connectivity index is 1.53. The molecule has 3 rings (SSSR count). The first-order valence-electron chi connectivity index (χ1n) is 10.7. The van der Waals surface area contributed by atoms with Crippen molar-refractivity contribution in [3.05, 3.63) is 66.5 Å². The lowest BCUT2D eigenvalue weighted by Gasteiger charge is -2.11. The molecule has 31 heavy (non-hydrogen) atoms. The molecule has 0 saturated carbocycles. The molecule has 0 spiro atoms. The fraction of sp³-hybridized carbons (Fsp3) is 0.360. The lowest BCUT2D eigenvalue weighted by atomic mass is 10.2. The highest BCUT2D eigenvalue weighted by Crippen LogP contribution is 2.20. The lowest BCUT2D eigenvalue weighted by molar-refractivity contribution is -0.117. The number of para-hydroxylation sites is 2. The summed E-state index contributed by atoms with van der Waals surface area (Å²) >= 11 is 0. The number of rotatable bonds is 12. The van der Waals surface area contributed by atoms with Gasteiger partial charge in [-0.2, -0.15) is 0 Å². The van der Waals surface area contributed by atoms with Gasteiger partial charge in [0.1, 0.15) is 17.3 Å². The standard InChI is InChI=1S/C25H31N3O3/c1-19(2)25(29)26-15-9-14-24-27-22-12-4-5-13-23(22)28(24)16-6-7-17-31-21-11-8-10-20(18-21)30-3/h4-5,8,10-13,18H,1,6-7,9,14-17H2,2-3H3,(H,26,29). The van der Waals surface area contributed by atoms with E-state index in [1.165, 1.54) is 0 Å². The van der Waals surface area contributed by atoms with E-state index in [2.05, 4.69) is 22.5 Å². The van der Waals surface area contributed by atoms with Crippen molar-refractivity contribution in [2.24, 2.45) is 0 Å². The molecule has 0 atom stereocenters. The predicted octanol–water partition coefficient (Wildman–Crippen LogP) is 4.53. The summed E-state index contributed by atoms with van der Waals surface area (Å²) in [6.07, 6.45) is 3.58. The molecule has 164 valence electrons. The number of fused-ring (bicyclic) bond motifs is 1. The van der Waals surface area contributed by atoms with Crippen molar-refractivity contribution in [2.75, 3.05) is 20.3 Å². The first kappa shape index (κ1) is 22.4. The smallest absolute Gasteiger partial charge is 0.246 e. The number of methoxy groups -OCH3 is 1. The average molecular weight is 422 g/mol. The fourth-order valence-electron chi connectivity index (χ4n) is 3.42. The highest BCUT2D eigenvalue weighted by molar-refractivity contribution is 5.92. The molecular formula is C25H31N3O3. The molecule has 6 nitrogen and oxygen atoms in total. The van der Waals surface area contributed by atoms with E-state index in [1.807, 2.05) is 42.5 Å². The number of unbranched alkanes of at least 4 members (excludes halogenated alkanes) is 1. The van der Waals surface area contributed by atoms with Crippen LogP contribution in [0.3, 0.4) is 0 Å². The van der Waals surface area contributed by atoms with Gasteiger partial charge in [-0.1, -0.05) is 24.8 Å². The fourth-order valence-corrected chi connectivity index (χ4v) is 3.42. The Morgan fingerprint density at radius 1 is 1.10 bits per heavy atom. The summed E-state index contributed by atoms with van der Waals surface area (Å²) in [7, 11) is 1.65. The molecule has 0 bridgehead atoms. The Bertz CT molecular complexity index is 1030. The molecule has 1 amide bonds. The van der Waals surface area contributed by atoms with E-state index in [0.717, 1.165) is 60.6 Å². The van der Waals surface area contributed by atoms with Gasteiger partial charge in [-0.3, -0.25) is 4.79 Å². The van der Waals surface area contributed by atoms with Crippen molar-refractivity contribution in [3.63, 3.8) is 0 Å². The molecule has 0 fully saturated rings. The molecular weight excluding hydrogens is 390 g/mol. The van der Waals surface area contributed by atoms with Crippen LogP contribution in [0.5, 0.6) is 11.5 Å². The van der Waals surface area contributed by atoms with Crippen LogP contribution in [-0.4, -0.2) is 35.7 Å². The average Bonchev–Trinajstić information content (AvgIpc) is 3.13. The van der Waals surface area contributed by atoms with Gasteiger partial charge in [0, 0.05) is 31.1 Å². The maximum Gasteiger partial charge on any atom is 0.246 e. The zero-order chi connectivity index (χ0) is 22.1. The van der Waals surface area contributed by atoms with Gasteiger partial charge < -0.3 is 19.4 Å². The Hall–Kier alpha value is -3.28. The van der Waals surface area contributed by atoms with Crippen LogP contribution < -0.4 is 14.8 Å². The van der Waals surface area contributed by atoms with Gasteiger partial charge in [0.25, 0.3) is 0 Å². The van der Waals surface area contributed by atoms with Crippen LogP contribution in [-0.2, 0) is 17.8 Å². The van der Waals surface area contributed by atoms with Crippen LogP contribution in [0.4, 0.5) is 0 Å². The van der Waals surface area contributed by atoms with Crippen LogP contribution in [0.2, 0.25) is 0 Å². The topological polar surface area (TPSA) is 65.4 Å².